The number of aromatic nitrogens is 5. The van der Waals surface area contributed by atoms with E-state index in [1.165, 1.54) is 0 Å². The second-order valence-electron chi connectivity index (χ2n) is 5.35. The zero-order valence-corrected chi connectivity index (χ0v) is 12.3. The van der Waals surface area contributed by atoms with Crippen molar-refractivity contribution in [3.63, 3.8) is 0 Å². The highest BCUT2D eigenvalue weighted by Gasteiger charge is 2.22. The van der Waals surface area contributed by atoms with Crippen molar-refractivity contribution in [2.24, 2.45) is 0 Å². The zero-order chi connectivity index (χ0) is 13.5. The number of aromatic amines is 1. The number of rotatable bonds is 2. The van der Waals surface area contributed by atoms with Crippen molar-refractivity contribution in [2.75, 3.05) is 0 Å². The Kier molecular flexibility index (Phi) is 3.14. The standard InChI is InChI=1S/C12H19N5S/c1-6-16-9(7-8(2)15-16)10-13-14-11(18)17(10)12(3,4)5/h7H,6H2,1-5H3,(H,14,18). The Morgan fingerprint density at radius 2 is 2.06 bits per heavy atom. The van der Waals surface area contributed by atoms with Crippen molar-refractivity contribution in [3.8, 4) is 11.5 Å². The van der Waals surface area contributed by atoms with Gasteiger partial charge in [-0.2, -0.15) is 10.2 Å². The maximum absolute atomic E-state index is 5.32. The zero-order valence-electron chi connectivity index (χ0n) is 11.5. The monoisotopic (exact) mass is 265 g/mol. The first-order valence-electron chi connectivity index (χ1n) is 6.07. The summed E-state index contributed by atoms with van der Waals surface area (Å²) >= 11 is 5.32. The van der Waals surface area contributed by atoms with Gasteiger partial charge in [-0.3, -0.25) is 14.3 Å². The van der Waals surface area contributed by atoms with E-state index in [0.29, 0.717) is 4.77 Å². The van der Waals surface area contributed by atoms with E-state index in [-0.39, 0.29) is 5.54 Å². The third-order valence-electron chi connectivity index (χ3n) is 2.77. The Morgan fingerprint density at radius 3 is 2.61 bits per heavy atom. The lowest BCUT2D eigenvalue weighted by Gasteiger charge is -2.22. The van der Waals surface area contributed by atoms with Crippen LogP contribution in [0.2, 0.25) is 0 Å². The number of nitrogens with zero attached hydrogens (tertiary/aromatic N) is 4. The van der Waals surface area contributed by atoms with E-state index >= 15 is 0 Å². The molecular formula is C12H19N5S. The van der Waals surface area contributed by atoms with E-state index in [1.54, 1.807) is 0 Å². The quantitative estimate of drug-likeness (QED) is 0.849. The topological polar surface area (TPSA) is 51.4 Å². The van der Waals surface area contributed by atoms with Gasteiger partial charge in [0.05, 0.1) is 5.69 Å². The summed E-state index contributed by atoms with van der Waals surface area (Å²) in [6, 6.07) is 2.04. The van der Waals surface area contributed by atoms with E-state index in [2.05, 4.69) is 43.0 Å². The fraction of sp³-hybridized carbons (Fsp3) is 0.583. The molecule has 1 N–H and O–H groups in total. The van der Waals surface area contributed by atoms with Gasteiger partial charge in [-0.25, -0.2) is 0 Å². The van der Waals surface area contributed by atoms with Crippen molar-refractivity contribution < 1.29 is 0 Å². The number of nitrogens with one attached hydrogen (secondary N) is 1. The van der Waals surface area contributed by atoms with Gasteiger partial charge in [0.2, 0.25) is 0 Å². The molecule has 0 fully saturated rings. The van der Waals surface area contributed by atoms with Crippen LogP contribution in [0.15, 0.2) is 6.07 Å². The molecule has 0 atom stereocenters. The molecule has 0 aliphatic rings. The molecule has 6 heteroatoms. The first kappa shape index (κ1) is 13.0. The van der Waals surface area contributed by atoms with Crippen molar-refractivity contribution in [1.29, 1.82) is 0 Å². The predicted octanol–water partition coefficient (Wildman–Crippen LogP) is 2.89. The summed E-state index contributed by atoms with van der Waals surface area (Å²) in [6.45, 7) is 11.2. The molecule has 0 bridgehead atoms. The molecule has 2 aromatic heterocycles. The van der Waals surface area contributed by atoms with Crippen LogP contribution in [0.5, 0.6) is 0 Å². The van der Waals surface area contributed by atoms with Crippen molar-refractivity contribution in [1.82, 2.24) is 24.5 Å². The van der Waals surface area contributed by atoms with E-state index in [9.17, 15) is 0 Å². The van der Waals surface area contributed by atoms with Crippen LogP contribution in [-0.2, 0) is 12.1 Å². The molecule has 0 spiro atoms. The van der Waals surface area contributed by atoms with Crippen molar-refractivity contribution in [3.05, 3.63) is 16.5 Å². The van der Waals surface area contributed by atoms with Crippen LogP contribution in [0.4, 0.5) is 0 Å². The Morgan fingerprint density at radius 1 is 1.39 bits per heavy atom. The van der Waals surface area contributed by atoms with Gasteiger partial charge in [-0.15, -0.1) is 0 Å². The molecule has 0 radical (unpaired) electrons. The van der Waals surface area contributed by atoms with Gasteiger partial charge in [0, 0.05) is 12.1 Å². The lowest BCUT2D eigenvalue weighted by Crippen LogP contribution is -2.23. The third-order valence-corrected chi connectivity index (χ3v) is 3.05. The van der Waals surface area contributed by atoms with Crippen LogP contribution in [-0.4, -0.2) is 24.5 Å². The summed E-state index contributed by atoms with van der Waals surface area (Å²) in [5.41, 5.74) is 1.87. The molecular weight excluding hydrogens is 246 g/mol. The molecule has 2 aromatic rings. The summed E-state index contributed by atoms with van der Waals surface area (Å²) in [4.78, 5) is 0. The molecule has 0 aromatic carbocycles. The van der Waals surface area contributed by atoms with E-state index in [0.717, 1.165) is 23.8 Å². The molecule has 0 unspecified atom stereocenters. The van der Waals surface area contributed by atoms with E-state index < -0.39 is 0 Å². The smallest absolute Gasteiger partial charge is 0.195 e. The largest absolute Gasteiger partial charge is 0.293 e. The maximum atomic E-state index is 5.32. The Balaban J connectivity index is 2.69. The summed E-state index contributed by atoms with van der Waals surface area (Å²) in [5.74, 6) is 0.843. The van der Waals surface area contributed by atoms with Gasteiger partial charge in [-0.1, -0.05) is 0 Å². The number of H-pyrrole nitrogens is 1. The number of hydrogen-bond acceptors (Lipinski definition) is 3. The highest BCUT2D eigenvalue weighted by molar-refractivity contribution is 7.71. The number of aryl methyl sites for hydroxylation is 2. The number of hydrogen-bond donors (Lipinski definition) is 1. The summed E-state index contributed by atoms with van der Waals surface area (Å²) in [6.07, 6.45) is 0. The lowest BCUT2D eigenvalue weighted by molar-refractivity contribution is 0.394. The minimum absolute atomic E-state index is 0.115. The molecule has 2 rings (SSSR count). The summed E-state index contributed by atoms with van der Waals surface area (Å²) < 4.78 is 4.62. The van der Waals surface area contributed by atoms with Gasteiger partial charge in [-0.05, 0) is 52.9 Å². The Labute approximate surface area is 112 Å². The van der Waals surface area contributed by atoms with Crippen LogP contribution in [0.3, 0.4) is 0 Å². The van der Waals surface area contributed by atoms with Crippen molar-refractivity contribution in [2.45, 2.75) is 46.7 Å². The van der Waals surface area contributed by atoms with Crippen LogP contribution in [0.25, 0.3) is 11.5 Å². The fourth-order valence-electron chi connectivity index (χ4n) is 2.06. The molecule has 5 nitrogen and oxygen atoms in total. The molecule has 0 aliphatic carbocycles. The van der Waals surface area contributed by atoms with E-state index in [4.69, 9.17) is 12.2 Å². The molecule has 0 saturated heterocycles. The highest BCUT2D eigenvalue weighted by atomic mass is 32.1. The van der Waals surface area contributed by atoms with Gasteiger partial charge >= 0.3 is 0 Å². The van der Waals surface area contributed by atoms with Crippen LogP contribution in [0.1, 0.15) is 33.4 Å². The fourth-order valence-corrected chi connectivity index (χ4v) is 2.46. The van der Waals surface area contributed by atoms with Gasteiger partial charge < -0.3 is 0 Å². The maximum Gasteiger partial charge on any atom is 0.195 e. The van der Waals surface area contributed by atoms with Gasteiger partial charge in [0.15, 0.2) is 10.6 Å². The lowest BCUT2D eigenvalue weighted by atomic mass is 10.1. The average Bonchev–Trinajstić information content (AvgIpc) is 2.80. The average molecular weight is 265 g/mol. The van der Waals surface area contributed by atoms with E-state index in [1.807, 2.05) is 22.2 Å². The summed E-state index contributed by atoms with van der Waals surface area (Å²) in [7, 11) is 0. The van der Waals surface area contributed by atoms with Crippen LogP contribution < -0.4 is 0 Å². The van der Waals surface area contributed by atoms with Crippen LogP contribution in [0, 0.1) is 11.7 Å². The predicted molar refractivity (Wildman–Crippen MR) is 74.0 cm³/mol. The first-order valence-corrected chi connectivity index (χ1v) is 6.48. The van der Waals surface area contributed by atoms with Gasteiger partial charge in [0.25, 0.3) is 0 Å². The minimum Gasteiger partial charge on any atom is -0.293 e. The second-order valence-corrected chi connectivity index (χ2v) is 5.73. The second kappa shape index (κ2) is 4.35. The van der Waals surface area contributed by atoms with Crippen molar-refractivity contribution >= 4 is 12.2 Å². The molecule has 2 heterocycles. The molecule has 98 valence electrons. The highest BCUT2D eigenvalue weighted by Crippen LogP contribution is 2.25. The SMILES string of the molecule is CCn1nc(C)cc1-c1n[nH]c(=S)n1C(C)(C)C. The Hall–Kier alpha value is -1.43. The first-order chi connectivity index (χ1) is 8.34. The molecule has 0 aliphatic heterocycles. The minimum atomic E-state index is -0.115. The normalized spacial score (nSPS) is 12.1. The Bertz CT molecular complexity index is 611. The molecule has 0 saturated carbocycles. The van der Waals surface area contributed by atoms with Crippen LogP contribution >= 0.6 is 12.2 Å². The third kappa shape index (κ3) is 2.12. The summed E-state index contributed by atoms with van der Waals surface area (Å²) in [5, 5.41) is 11.7. The molecule has 18 heavy (non-hydrogen) atoms. The molecule has 0 amide bonds. The van der Waals surface area contributed by atoms with Gasteiger partial charge in [0.1, 0.15) is 5.69 Å².